The molecule has 2 aromatic rings. The largest absolute Gasteiger partial charge is 0.388 e. The molecule has 6 heteroatoms. The van der Waals surface area contributed by atoms with Crippen LogP contribution < -0.4 is 5.32 Å². The molecular formula is C17H22FN3O2. The first-order valence-corrected chi connectivity index (χ1v) is 7.69. The van der Waals surface area contributed by atoms with Crippen LogP contribution in [-0.4, -0.2) is 26.8 Å². The van der Waals surface area contributed by atoms with Gasteiger partial charge in [0.15, 0.2) is 0 Å². The van der Waals surface area contributed by atoms with Crippen molar-refractivity contribution >= 4 is 5.91 Å². The maximum atomic E-state index is 12.9. The Bertz CT molecular complexity index is 667. The van der Waals surface area contributed by atoms with Gasteiger partial charge in [0.05, 0.1) is 11.8 Å². The fraction of sp³-hybridized carbons (Fsp3) is 0.412. The van der Waals surface area contributed by atoms with E-state index in [1.165, 1.54) is 12.1 Å². The normalized spacial score (nSPS) is 13.6. The standard InChI is InChI=1S/C17H22FN3O2/c1-4-21-15(9-12(3)20-21)17(23)19-11(2)10-16(22)13-5-7-14(18)8-6-13/h5-9,11,16,22H,4,10H2,1-3H3,(H,19,23). The maximum Gasteiger partial charge on any atom is 0.269 e. The molecule has 2 N–H and O–H groups in total. The highest BCUT2D eigenvalue weighted by atomic mass is 19.1. The van der Waals surface area contributed by atoms with Crippen molar-refractivity contribution < 1.29 is 14.3 Å². The summed E-state index contributed by atoms with van der Waals surface area (Å²) in [4.78, 5) is 12.3. The van der Waals surface area contributed by atoms with Crippen molar-refractivity contribution in [3.8, 4) is 0 Å². The average Bonchev–Trinajstić information content (AvgIpc) is 2.89. The Hall–Kier alpha value is -2.21. The van der Waals surface area contributed by atoms with Crippen molar-refractivity contribution in [3.05, 3.63) is 53.1 Å². The van der Waals surface area contributed by atoms with Crippen molar-refractivity contribution in [1.82, 2.24) is 15.1 Å². The summed E-state index contributed by atoms with van der Waals surface area (Å²) in [5.74, 6) is -0.559. The van der Waals surface area contributed by atoms with Crippen LogP contribution in [0.4, 0.5) is 4.39 Å². The van der Waals surface area contributed by atoms with Gasteiger partial charge in [-0.15, -0.1) is 0 Å². The van der Waals surface area contributed by atoms with E-state index in [0.717, 1.165) is 5.69 Å². The molecule has 2 unspecified atom stereocenters. The Labute approximate surface area is 135 Å². The lowest BCUT2D eigenvalue weighted by molar-refractivity contribution is 0.0906. The monoisotopic (exact) mass is 319 g/mol. The van der Waals surface area contributed by atoms with Gasteiger partial charge < -0.3 is 10.4 Å². The molecule has 0 bridgehead atoms. The lowest BCUT2D eigenvalue weighted by Crippen LogP contribution is -2.35. The Morgan fingerprint density at radius 2 is 2.04 bits per heavy atom. The molecule has 0 fully saturated rings. The van der Waals surface area contributed by atoms with Gasteiger partial charge >= 0.3 is 0 Å². The number of halogens is 1. The highest BCUT2D eigenvalue weighted by Crippen LogP contribution is 2.18. The predicted molar refractivity (Wildman–Crippen MR) is 85.5 cm³/mol. The molecule has 0 radical (unpaired) electrons. The molecule has 5 nitrogen and oxygen atoms in total. The maximum absolute atomic E-state index is 12.9. The SMILES string of the molecule is CCn1nc(C)cc1C(=O)NC(C)CC(O)c1ccc(F)cc1. The highest BCUT2D eigenvalue weighted by Gasteiger charge is 2.18. The van der Waals surface area contributed by atoms with E-state index >= 15 is 0 Å². The Kier molecular flexibility index (Phi) is 5.50. The third-order valence-electron chi connectivity index (χ3n) is 3.64. The van der Waals surface area contributed by atoms with E-state index in [4.69, 9.17) is 0 Å². The molecule has 2 rings (SSSR count). The van der Waals surface area contributed by atoms with Crippen LogP contribution >= 0.6 is 0 Å². The zero-order valence-corrected chi connectivity index (χ0v) is 13.6. The first-order valence-electron chi connectivity index (χ1n) is 7.69. The predicted octanol–water partition coefficient (Wildman–Crippen LogP) is 2.59. The van der Waals surface area contributed by atoms with E-state index in [1.807, 2.05) is 20.8 Å². The number of aryl methyl sites for hydroxylation is 2. The number of hydrogen-bond donors (Lipinski definition) is 2. The first-order chi connectivity index (χ1) is 10.9. The molecule has 0 saturated heterocycles. The number of nitrogens with zero attached hydrogens (tertiary/aromatic N) is 2. The van der Waals surface area contributed by atoms with Crippen LogP contribution in [0.25, 0.3) is 0 Å². The second kappa shape index (κ2) is 7.37. The van der Waals surface area contributed by atoms with Crippen LogP contribution in [0.15, 0.2) is 30.3 Å². The van der Waals surface area contributed by atoms with E-state index in [0.29, 0.717) is 24.2 Å². The molecule has 1 amide bonds. The Balaban J connectivity index is 1.97. The van der Waals surface area contributed by atoms with Gasteiger partial charge in [-0.05, 0) is 51.0 Å². The second-order valence-corrected chi connectivity index (χ2v) is 5.66. The van der Waals surface area contributed by atoms with E-state index in [-0.39, 0.29) is 17.8 Å². The fourth-order valence-corrected chi connectivity index (χ4v) is 2.48. The van der Waals surface area contributed by atoms with Gasteiger partial charge in [0, 0.05) is 12.6 Å². The summed E-state index contributed by atoms with van der Waals surface area (Å²) in [6.07, 6.45) is -0.417. The van der Waals surface area contributed by atoms with Crippen LogP contribution in [0.2, 0.25) is 0 Å². The second-order valence-electron chi connectivity index (χ2n) is 5.66. The molecule has 23 heavy (non-hydrogen) atoms. The third-order valence-corrected chi connectivity index (χ3v) is 3.64. The van der Waals surface area contributed by atoms with Crippen LogP contribution in [0.1, 0.15) is 48.1 Å². The van der Waals surface area contributed by atoms with Crippen LogP contribution in [0.3, 0.4) is 0 Å². The summed E-state index contributed by atoms with van der Waals surface area (Å²) in [7, 11) is 0. The molecular weight excluding hydrogens is 297 g/mol. The Morgan fingerprint density at radius 1 is 1.39 bits per heavy atom. The highest BCUT2D eigenvalue weighted by molar-refractivity contribution is 5.92. The molecule has 1 aromatic heterocycles. The number of aliphatic hydroxyl groups is 1. The smallest absolute Gasteiger partial charge is 0.269 e. The summed E-state index contributed by atoms with van der Waals surface area (Å²) in [6, 6.07) is 7.22. The number of carbonyl (C=O) groups is 1. The summed E-state index contributed by atoms with van der Waals surface area (Å²) in [5.41, 5.74) is 1.92. The van der Waals surface area contributed by atoms with Crippen molar-refractivity contribution in [3.63, 3.8) is 0 Å². The summed E-state index contributed by atoms with van der Waals surface area (Å²) >= 11 is 0. The van der Waals surface area contributed by atoms with E-state index in [2.05, 4.69) is 10.4 Å². The first kappa shape index (κ1) is 17.1. The molecule has 0 spiro atoms. The van der Waals surface area contributed by atoms with Crippen LogP contribution in [0.5, 0.6) is 0 Å². The molecule has 0 aliphatic rings. The quantitative estimate of drug-likeness (QED) is 0.860. The van der Waals surface area contributed by atoms with Crippen molar-refractivity contribution in [2.75, 3.05) is 0 Å². The molecule has 124 valence electrons. The zero-order chi connectivity index (χ0) is 17.0. The average molecular weight is 319 g/mol. The van der Waals surface area contributed by atoms with Gasteiger partial charge in [0.2, 0.25) is 0 Å². The van der Waals surface area contributed by atoms with E-state index in [1.54, 1.807) is 22.9 Å². The fourth-order valence-electron chi connectivity index (χ4n) is 2.48. The van der Waals surface area contributed by atoms with Gasteiger partial charge in [-0.25, -0.2) is 4.39 Å². The van der Waals surface area contributed by atoms with Gasteiger partial charge in [0.1, 0.15) is 11.5 Å². The van der Waals surface area contributed by atoms with E-state index in [9.17, 15) is 14.3 Å². The number of hydrogen-bond acceptors (Lipinski definition) is 3. The minimum atomic E-state index is -0.760. The van der Waals surface area contributed by atoms with Gasteiger partial charge in [-0.2, -0.15) is 5.10 Å². The summed E-state index contributed by atoms with van der Waals surface area (Å²) < 4.78 is 14.5. The number of aliphatic hydroxyl groups excluding tert-OH is 1. The number of aromatic nitrogens is 2. The Morgan fingerprint density at radius 3 is 2.65 bits per heavy atom. The molecule has 0 aliphatic heterocycles. The van der Waals surface area contributed by atoms with Gasteiger partial charge in [-0.3, -0.25) is 9.48 Å². The minimum Gasteiger partial charge on any atom is -0.388 e. The van der Waals surface area contributed by atoms with Crippen molar-refractivity contribution in [2.45, 2.75) is 45.9 Å². The topological polar surface area (TPSA) is 67.2 Å². The number of rotatable bonds is 6. The van der Waals surface area contributed by atoms with Crippen LogP contribution in [-0.2, 0) is 6.54 Å². The van der Waals surface area contributed by atoms with Gasteiger partial charge in [0.25, 0.3) is 5.91 Å². The lowest BCUT2D eigenvalue weighted by Gasteiger charge is -2.18. The number of carbonyl (C=O) groups excluding carboxylic acids is 1. The van der Waals surface area contributed by atoms with Crippen molar-refractivity contribution in [1.29, 1.82) is 0 Å². The molecule has 0 saturated carbocycles. The molecule has 1 aromatic carbocycles. The summed E-state index contributed by atoms with van der Waals surface area (Å²) in [6.45, 7) is 6.20. The minimum absolute atomic E-state index is 0.216. The van der Waals surface area contributed by atoms with E-state index < -0.39 is 6.10 Å². The lowest BCUT2D eigenvalue weighted by atomic mass is 10.0. The van der Waals surface area contributed by atoms with Gasteiger partial charge in [-0.1, -0.05) is 12.1 Å². The van der Waals surface area contributed by atoms with Crippen molar-refractivity contribution in [2.24, 2.45) is 0 Å². The molecule has 2 atom stereocenters. The number of amides is 1. The molecule has 1 heterocycles. The third kappa shape index (κ3) is 4.39. The number of nitrogens with one attached hydrogen (secondary N) is 1. The zero-order valence-electron chi connectivity index (χ0n) is 13.6. The number of benzene rings is 1. The molecule has 0 aliphatic carbocycles. The summed E-state index contributed by atoms with van der Waals surface area (Å²) in [5, 5.41) is 17.3. The van der Waals surface area contributed by atoms with Crippen LogP contribution in [0, 0.1) is 12.7 Å².